The first-order valence-corrected chi connectivity index (χ1v) is 7.36. The van der Waals surface area contributed by atoms with Crippen molar-refractivity contribution >= 4 is 5.57 Å². The minimum Gasteiger partial charge on any atom is -0.599 e. The predicted octanol–water partition coefficient (Wildman–Crippen LogP) is 4.00. The highest BCUT2D eigenvalue weighted by molar-refractivity contribution is 5.83. The molecule has 1 saturated carbocycles. The zero-order valence-corrected chi connectivity index (χ0v) is 11.6. The number of hydrogen-bond donors (Lipinski definition) is 0. The van der Waals surface area contributed by atoms with E-state index in [1.54, 1.807) is 0 Å². The topological polar surface area (TPSA) is 38.4 Å². The summed E-state index contributed by atoms with van der Waals surface area (Å²) >= 11 is 0. The van der Waals surface area contributed by atoms with Crippen molar-refractivity contribution in [3.8, 4) is 0 Å². The number of hydrogen-bond acceptors (Lipinski definition) is 2. The van der Waals surface area contributed by atoms with Crippen LogP contribution < -0.4 is 0 Å². The molecule has 3 nitrogen and oxygen atoms in total. The average Bonchev–Trinajstić information content (AvgIpc) is 3.06. The molecule has 0 amide bonds. The fourth-order valence-corrected chi connectivity index (χ4v) is 3.46. The Balaban J connectivity index is 1.94. The highest BCUT2D eigenvalue weighted by Gasteiger charge is 2.46. The molecule has 0 saturated heterocycles. The number of nitrogens with zero attached hydrogens (tertiary/aromatic N) is 2. The van der Waals surface area contributed by atoms with E-state index in [4.69, 9.17) is 0 Å². The Morgan fingerprint density at radius 2 is 1.48 bits per heavy atom. The van der Waals surface area contributed by atoms with Crippen LogP contribution in [0.15, 0.2) is 71.4 Å². The van der Waals surface area contributed by atoms with Crippen molar-refractivity contribution in [2.24, 2.45) is 5.11 Å². The summed E-state index contributed by atoms with van der Waals surface area (Å²) in [6.07, 6.45) is 1.90. The van der Waals surface area contributed by atoms with Gasteiger partial charge in [-0.1, -0.05) is 65.5 Å². The molecule has 2 atom stereocenters. The third-order valence-electron chi connectivity index (χ3n) is 4.36. The smallest absolute Gasteiger partial charge is 0.214 e. The van der Waals surface area contributed by atoms with Crippen molar-refractivity contribution in [1.82, 2.24) is 0 Å². The van der Waals surface area contributed by atoms with Crippen molar-refractivity contribution in [1.29, 1.82) is 0 Å². The maximum absolute atomic E-state index is 11.9. The summed E-state index contributed by atoms with van der Waals surface area (Å²) in [5.74, 6) is 0. The summed E-state index contributed by atoms with van der Waals surface area (Å²) in [7, 11) is 0. The third-order valence-corrected chi connectivity index (χ3v) is 4.36. The summed E-state index contributed by atoms with van der Waals surface area (Å²) in [5, 5.41) is 16.2. The van der Waals surface area contributed by atoms with Gasteiger partial charge in [0.15, 0.2) is 0 Å². The van der Waals surface area contributed by atoms with E-state index < -0.39 is 0 Å². The Kier molecular flexibility index (Phi) is 2.85. The molecule has 104 valence electrons. The van der Waals surface area contributed by atoms with Gasteiger partial charge in [-0.2, -0.15) is 0 Å². The third kappa shape index (κ3) is 1.97. The Morgan fingerprint density at radius 3 is 1.90 bits per heavy atom. The van der Waals surface area contributed by atoms with Crippen molar-refractivity contribution in [3.63, 3.8) is 0 Å². The molecule has 2 aromatic rings. The number of fused-ring (bicyclic) bond motifs is 2. The molecule has 3 heteroatoms. The standard InChI is InChI=1S/C18H16N2O/c21-20-16-12-11-15(19-20)18(16)17(13-7-3-1-4-8-13)14-9-5-2-6-10-14/h1-10,15-16H,11-12H2. The van der Waals surface area contributed by atoms with Gasteiger partial charge in [0.25, 0.3) is 0 Å². The van der Waals surface area contributed by atoms with E-state index in [2.05, 4.69) is 29.4 Å². The van der Waals surface area contributed by atoms with Crippen LogP contribution in [-0.2, 0) is 0 Å². The molecule has 21 heavy (non-hydrogen) atoms. The van der Waals surface area contributed by atoms with E-state index in [0.717, 1.165) is 17.7 Å². The molecule has 0 aromatic heterocycles. The molecule has 1 fully saturated rings. The molecule has 2 bridgehead atoms. The number of rotatable bonds is 2. The Bertz CT molecular complexity index is 678. The van der Waals surface area contributed by atoms with Gasteiger partial charge in [0.1, 0.15) is 6.04 Å². The Hall–Kier alpha value is -2.42. The lowest BCUT2D eigenvalue weighted by Gasteiger charge is -2.13. The molecule has 1 aliphatic heterocycles. The van der Waals surface area contributed by atoms with E-state index in [1.807, 2.05) is 36.4 Å². The second-order valence-electron chi connectivity index (χ2n) is 5.59. The normalized spacial score (nSPS) is 23.2. The molecule has 1 heterocycles. The molecule has 2 unspecified atom stereocenters. The van der Waals surface area contributed by atoms with Crippen LogP contribution in [0.3, 0.4) is 0 Å². The molecular weight excluding hydrogens is 260 g/mol. The highest BCUT2D eigenvalue weighted by atomic mass is 16.5. The van der Waals surface area contributed by atoms with Crippen LogP contribution in [-0.4, -0.2) is 16.9 Å². The van der Waals surface area contributed by atoms with Crippen LogP contribution in [0.5, 0.6) is 0 Å². The van der Waals surface area contributed by atoms with Gasteiger partial charge in [-0.25, -0.2) is 0 Å². The van der Waals surface area contributed by atoms with Crippen LogP contribution in [0, 0.1) is 5.21 Å². The van der Waals surface area contributed by atoms with Gasteiger partial charge >= 0.3 is 0 Å². The summed E-state index contributed by atoms with van der Waals surface area (Å²) in [6.45, 7) is 0. The second kappa shape index (κ2) is 4.85. The summed E-state index contributed by atoms with van der Waals surface area (Å²) in [6, 6.07) is 20.6. The lowest BCUT2D eigenvalue weighted by atomic mass is 9.90. The maximum atomic E-state index is 11.9. The van der Waals surface area contributed by atoms with Crippen molar-refractivity contribution in [2.45, 2.75) is 24.9 Å². The predicted molar refractivity (Wildman–Crippen MR) is 81.8 cm³/mol. The quantitative estimate of drug-likeness (QED) is 0.603. The van der Waals surface area contributed by atoms with Crippen LogP contribution in [0.25, 0.3) is 5.57 Å². The van der Waals surface area contributed by atoms with Crippen LogP contribution in [0.1, 0.15) is 24.0 Å². The Labute approximate surface area is 123 Å². The van der Waals surface area contributed by atoms with E-state index in [9.17, 15) is 5.21 Å². The SMILES string of the molecule is [O-][N+]1=NC2CCC1C2=C(c1ccccc1)c1ccccc1. The molecule has 4 rings (SSSR count). The maximum Gasteiger partial charge on any atom is 0.214 e. The van der Waals surface area contributed by atoms with Crippen LogP contribution in [0.4, 0.5) is 0 Å². The first-order chi connectivity index (χ1) is 10.3. The van der Waals surface area contributed by atoms with Gasteiger partial charge in [0, 0.05) is 12.0 Å². The zero-order valence-electron chi connectivity index (χ0n) is 11.6. The van der Waals surface area contributed by atoms with E-state index >= 15 is 0 Å². The van der Waals surface area contributed by atoms with E-state index in [1.165, 1.54) is 22.3 Å². The van der Waals surface area contributed by atoms with Crippen LogP contribution >= 0.6 is 0 Å². The second-order valence-corrected chi connectivity index (χ2v) is 5.59. The van der Waals surface area contributed by atoms with Crippen molar-refractivity contribution in [3.05, 3.63) is 82.6 Å². The van der Waals surface area contributed by atoms with Gasteiger partial charge in [-0.15, -0.1) is 0 Å². The molecule has 2 aromatic carbocycles. The largest absolute Gasteiger partial charge is 0.599 e. The fraction of sp³-hybridized carbons (Fsp3) is 0.222. The van der Waals surface area contributed by atoms with Crippen LogP contribution in [0.2, 0.25) is 0 Å². The van der Waals surface area contributed by atoms with Crippen molar-refractivity contribution < 1.29 is 4.86 Å². The first-order valence-electron chi connectivity index (χ1n) is 7.36. The van der Waals surface area contributed by atoms with E-state index in [-0.39, 0.29) is 12.1 Å². The van der Waals surface area contributed by atoms with Gasteiger partial charge in [-0.3, -0.25) is 0 Å². The fourth-order valence-electron chi connectivity index (χ4n) is 3.46. The summed E-state index contributed by atoms with van der Waals surface area (Å²) in [5.41, 5.74) is 4.72. The van der Waals surface area contributed by atoms with Crippen molar-refractivity contribution in [2.75, 3.05) is 0 Å². The lowest BCUT2D eigenvalue weighted by Crippen LogP contribution is -2.15. The lowest BCUT2D eigenvalue weighted by molar-refractivity contribution is -0.552. The zero-order chi connectivity index (χ0) is 14.2. The molecule has 0 N–H and O–H groups in total. The average molecular weight is 276 g/mol. The number of benzene rings is 2. The monoisotopic (exact) mass is 276 g/mol. The Morgan fingerprint density at radius 1 is 0.905 bits per heavy atom. The minimum atomic E-state index is -0.0783. The highest BCUT2D eigenvalue weighted by Crippen LogP contribution is 2.42. The molecule has 2 aliphatic rings. The molecular formula is C18H16N2O. The van der Waals surface area contributed by atoms with Gasteiger partial charge in [0.2, 0.25) is 6.04 Å². The van der Waals surface area contributed by atoms with E-state index in [0.29, 0.717) is 0 Å². The van der Waals surface area contributed by atoms with Gasteiger partial charge < -0.3 is 5.21 Å². The summed E-state index contributed by atoms with van der Waals surface area (Å²) in [4.78, 5) is 0.912. The van der Waals surface area contributed by atoms with Gasteiger partial charge in [-0.05, 0) is 28.2 Å². The molecule has 0 spiro atoms. The summed E-state index contributed by atoms with van der Waals surface area (Å²) < 4.78 is 0. The molecule has 0 radical (unpaired) electrons. The first kappa shape index (κ1) is 12.3. The minimum absolute atomic E-state index is 0.0583. The molecule has 1 aliphatic carbocycles. The van der Waals surface area contributed by atoms with Gasteiger partial charge in [0.05, 0.1) is 0 Å². The number of hydroxylamine groups is 1. The number of azo groups is 1.